The van der Waals surface area contributed by atoms with E-state index in [1.165, 1.54) is 19.4 Å². The summed E-state index contributed by atoms with van der Waals surface area (Å²) in [6.07, 6.45) is 2.58. The van der Waals surface area contributed by atoms with E-state index >= 15 is 0 Å². The van der Waals surface area contributed by atoms with Gasteiger partial charge in [0.1, 0.15) is 16.4 Å². The Labute approximate surface area is 160 Å². The molecule has 9 heteroatoms. The first-order chi connectivity index (χ1) is 12.5. The molecule has 27 heavy (non-hydrogen) atoms. The highest BCUT2D eigenvalue weighted by molar-refractivity contribution is 7.90. The zero-order valence-corrected chi connectivity index (χ0v) is 17.2. The maximum absolute atomic E-state index is 12.1. The molecule has 0 bridgehead atoms. The van der Waals surface area contributed by atoms with E-state index in [1.54, 1.807) is 6.07 Å². The van der Waals surface area contributed by atoms with Crippen LogP contribution in [0.15, 0.2) is 23.2 Å². The molecule has 2 rings (SSSR count). The molecule has 0 atom stereocenters. The molecular formula is C18H26N4O4S. The molecule has 148 valence electrons. The molecule has 0 aliphatic heterocycles. The highest BCUT2D eigenvalue weighted by Crippen LogP contribution is 2.39. The van der Waals surface area contributed by atoms with Crippen LogP contribution in [0.3, 0.4) is 0 Å². The largest absolute Gasteiger partial charge is 0.495 e. The van der Waals surface area contributed by atoms with E-state index in [1.807, 2.05) is 27.7 Å². The van der Waals surface area contributed by atoms with Gasteiger partial charge < -0.3 is 20.5 Å². The smallest absolute Gasteiger partial charge is 0.225 e. The third-order valence-electron chi connectivity index (χ3n) is 3.74. The zero-order valence-electron chi connectivity index (χ0n) is 16.4. The minimum Gasteiger partial charge on any atom is -0.495 e. The molecule has 0 amide bonds. The molecule has 0 saturated carbocycles. The van der Waals surface area contributed by atoms with Crippen LogP contribution in [-0.2, 0) is 9.84 Å². The topological polar surface area (TPSA) is 116 Å². The highest BCUT2D eigenvalue weighted by Gasteiger charge is 2.21. The number of nitrogens with zero attached hydrogens (tertiary/aromatic N) is 2. The zero-order chi connectivity index (χ0) is 20.4. The highest BCUT2D eigenvalue weighted by atomic mass is 32.2. The summed E-state index contributed by atoms with van der Waals surface area (Å²) in [4.78, 5) is 8.41. The maximum Gasteiger partial charge on any atom is 0.225 e. The molecular weight excluding hydrogens is 368 g/mol. The van der Waals surface area contributed by atoms with Gasteiger partial charge in [-0.3, -0.25) is 0 Å². The minimum atomic E-state index is -3.51. The molecule has 1 aromatic carbocycles. The monoisotopic (exact) mass is 394 g/mol. The molecule has 1 aromatic heterocycles. The van der Waals surface area contributed by atoms with E-state index in [4.69, 9.17) is 15.2 Å². The SMILES string of the molecule is COc1cc(C(C)C)c(Oc2cnc(NC(C)C)nc2N)cc1S(C)(=O)=O. The number of nitrogens with two attached hydrogens (primary N) is 1. The quantitative estimate of drug-likeness (QED) is 0.735. The van der Waals surface area contributed by atoms with E-state index in [0.29, 0.717) is 11.7 Å². The summed E-state index contributed by atoms with van der Waals surface area (Å²) in [5.74, 6) is 1.49. The van der Waals surface area contributed by atoms with Gasteiger partial charge in [0, 0.05) is 23.9 Å². The lowest BCUT2D eigenvalue weighted by Gasteiger charge is -2.18. The Kier molecular flexibility index (Phi) is 6.15. The average Bonchev–Trinajstić information content (AvgIpc) is 2.55. The Hall–Kier alpha value is -2.55. The lowest BCUT2D eigenvalue weighted by atomic mass is 10.0. The van der Waals surface area contributed by atoms with Crippen LogP contribution in [0, 0.1) is 0 Å². The van der Waals surface area contributed by atoms with Crippen LogP contribution >= 0.6 is 0 Å². The second-order valence-corrected chi connectivity index (χ2v) is 8.80. The lowest BCUT2D eigenvalue weighted by Crippen LogP contribution is -2.13. The molecule has 0 radical (unpaired) electrons. The fourth-order valence-corrected chi connectivity index (χ4v) is 3.28. The van der Waals surface area contributed by atoms with Crippen molar-refractivity contribution in [2.45, 2.75) is 44.6 Å². The summed E-state index contributed by atoms with van der Waals surface area (Å²) in [6, 6.07) is 3.27. The first-order valence-corrected chi connectivity index (χ1v) is 10.4. The van der Waals surface area contributed by atoms with Crippen molar-refractivity contribution in [2.75, 3.05) is 24.4 Å². The van der Waals surface area contributed by atoms with Gasteiger partial charge >= 0.3 is 0 Å². The molecule has 0 saturated heterocycles. The molecule has 0 spiro atoms. The van der Waals surface area contributed by atoms with Crippen LogP contribution in [0.1, 0.15) is 39.2 Å². The maximum atomic E-state index is 12.1. The van der Waals surface area contributed by atoms with Crippen LogP contribution in [-0.4, -0.2) is 37.8 Å². The summed E-state index contributed by atoms with van der Waals surface area (Å²) in [5, 5.41) is 3.06. The van der Waals surface area contributed by atoms with Crippen LogP contribution < -0.4 is 20.5 Å². The number of aromatic nitrogens is 2. The molecule has 3 N–H and O–H groups in total. The van der Waals surface area contributed by atoms with Crippen LogP contribution in [0.5, 0.6) is 17.2 Å². The van der Waals surface area contributed by atoms with E-state index in [0.717, 1.165) is 11.8 Å². The fourth-order valence-electron chi connectivity index (χ4n) is 2.45. The molecule has 2 aromatic rings. The van der Waals surface area contributed by atoms with Crippen molar-refractivity contribution >= 4 is 21.6 Å². The first kappa shape index (κ1) is 20.8. The summed E-state index contributed by atoms with van der Waals surface area (Å²) < 4.78 is 35.4. The van der Waals surface area contributed by atoms with Gasteiger partial charge in [0.2, 0.25) is 5.95 Å². The standard InChI is InChI=1S/C18H26N4O4S/c1-10(2)12-7-14(25-5)16(27(6,23)24)8-13(12)26-15-9-20-18(21-11(3)4)22-17(15)19/h7-11H,1-6H3,(H3,19,20,21,22). The third kappa shape index (κ3) is 5.00. The molecule has 1 heterocycles. The number of hydrogen-bond donors (Lipinski definition) is 2. The van der Waals surface area contributed by atoms with Crippen molar-refractivity contribution in [1.82, 2.24) is 9.97 Å². The van der Waals surface area contributed by atoms with Crippen LogP contribution in [0.2, 0.25) is 0 Å². The number of nitrogen functional groups attached to an aromatic ring is 1. The number of ether oxygens (including phenoxy) is 2. The normalized spacial score (nSPS) is 11.7. The van der Waals surface area contributed by atoms with E-state index in [9.17, 15) is 8.42 Å². The summed E-state index contributed by atoms with van der Waals surface area (Å²) in [6.45, 7) is 7.86. The summed E-state index contributed by atoms with van der Waals surface area (Å²) in [5.41, 5.74) is 6.77. The van der Waals surface area contributed by atoms with Gasteiger partial charge in [-0.25, -0.2) is 13.4 Å². The molecule has 0 fully saturated rings. The Balaban J connectivity index is 2.51. The fraction of sp³-hybridized carbons (Fsp3) is 0.444. The van der Waals surface area contributed by atoms with Crippen molar-refractivity contribution < 1.29 is 17.9 Å². The van der Waals surface area contributed by atoms with Gasteiger partial charge in [-0.2, -0.15) is 4.98 Å². The Bertz CT molecular complexity index is 927. The van der Waals surface area contributed by atoms with Gasteiger partial charge in [-0.1, -0.05) is 13.8 Å². The summed E-state index contributed by atoms with van der Waals surface area (Å²) in [7, 11) is -2.08. The van der Waals surface area contributed by atoms with E-state index in [-0.39, 0.29) is 34.2 Å². The van der Waals surface area contributed by atoms with Crippen molar-refractivity contribution in [3.63, 3.8) is 0 Å². The Morgan fingerprint density at radius 1 is 1.11 bits per heavy atom. The van der Waals surface area contributed by atoms with Gasteiger partial charge in [-0.15, -0.1) is 0 Å². The number of benzene rings is 1. The second-order valence-electron chi connectivity index (χ2n) is 6.81. The van der Waals surface area contributed by atoms with Crippen molar-refractivity contribution in [2.24, 2.45) is 0 Å². The van der Waals surface area contributed by atoms with E-state index in [2.05, 4.69) is 15.3 Å². The number of anilines is 2. The van der Waals surface area contributed by atoms with Gasteiger partial charge in [0.15, 0.2) is 21.4 Å². The van der Waals surface area contributed by atoms with Crippen molar-refractivity contribution in [3.05, 3.63) is 23.9 Å². The second kappa shape index (κ2) is 7.99. The minimum absolute atomic E-state index is 0.0435. The Morgan fingerprint density at radius 3 is 2.26 bits per heavy atom. The predicted molar refractivity (Wildman–Crippen MR) is 105 cm³/mol. The van der Waals surface area contributed by atoms with Crippen molar-refractivity contribution in [3.8, 4) is 17.2 Å². The number of methoxy groups -OCH3 is 1. The number of rotatable bonds is 7. The molecule has 0 unspecified atom stereocenters. The average molecular weight is 394 g/mol. The van der Waals surface area contributed by atoms with Crippen LogP contribution in [0.25, 0.3) is 0 Å². The number of sulfone groups is 1. The van der Waals surface area contributed by atoms with Gasteiger partial charge in [0.05, 0.1) is 13.3 Å². The number of hydrogen-bond acceptors (Lipinski definition) is 8. The molecule has 8 nitrogen and oxygen atoms in total. The van der Waals surface area contributed by atoms with Gasteiger partial charge in [-0.05, 0) is 25.8 Å². The third-order valence-corrected chi connectivity index (χ3v) is 4.86. The summed E-state index contributed by atoms with van der Waals surface area (Å²) >= 11 is 0. The predicted octanol–water partition coefficient (Wildman–Crippen LogP) is 3.21. The first-order valence-electron chi connectivity index (χ1n) is 8.51. The van der Waals surface area contributed by atoms with E-state index < -0.39 is 9.84 Å². The van der Waals surface area contributed by atoms with Crippen LogP contribution in [0.4, 0.5) is 11.8 Å². The lowest BCUT2D eigenvalue weighted by molar-refractivity contribution is 0.398. The molecule has 0 aliphatic rings. The Morgan fingerprint density at radius 2 is 1.78 bits per heavy atom. The van der Waals surface area contributed by atoms with Crippen molar-refractivity contribution in [1.29, 1.82) is 0 Å². The number of nitrogens with one attached hydrogen (secondary N) is 1. The van der Waals surface area contributed by atoms with Gasteiger partial charge in [0.25, 0.3) is 0 Å². The molecule has 0 aliphatic carbocycles.